The van der Waals surface area contributed by atoms with Gasteiger partial charge in [0.15, 0.2) is 0 Å². The number of fused-ring (bicyclic) bond motifs is 3. The van der Waals surface area contributed by atoms with Gasteiger partial charge in [-0.15, -0.1) is 11.8 Å². The Bertz CT molecular complexity index is 564. The van der Waals surface area contributed by atoms with Crippen molar-refractivity contribution in [3.8, 4) is 0 Å². The van der Waals surface area contributed by atoms with E-state index < -0.39 is 0 Å². The minimum absolute atomic E-state index is 0.0107. The van der Waals surface area contributed by atoms with Crippen LogP contribution in [0, 0.1) is 0 Å². The van der Waals surface area contributed by atoms with Crippen LogP contribution in [-0.2, 0) is 9.53 Å². The molecule has 1 aromatic rings. The van der Waals surface area contributed by atoms with Gasteiger partial charge in [0.25, 0.3) is 5.91 Å². The second-order valence-electron chi connectivity index (χ2n) is 5.14. The highest BCUT2D eigenvalue weighted by Crippen LogP contribution is 2.47. The molecule has 2 heterocycles. The molecule has 112 valence electrons. The summed E-state index contributed by atoms with van der Waals surface area (Å²) in [6.07, 6.45) is 0.777. The first kappa shape index (κ1) is 14.4. The highest BCUT2D eigenvalue weighted by atomic mass is 32.2. The SMILES string of the molecule is COCCCNC(=O)[C@H]1CS[C@@H]2c3ccccc3C(=O)N12. The van der Waals surface area contributed by atoms with Gasteiger partial charge < -0.3 is 15.0 Å². The Hall–Kier alpha value is -1.53. The van der Waals surface area contributed by atoms with Crippen LogP contribution >= 0.6 is 11.8 Å². The predicted molar refractivity (Wildman–Crippen MR) is 81.1 cm³/mol. The molecule has 3 rings (SSSR count). The van der Waals surface area contributed by atoms with Crippen LogP contribution in [0.4, 0.5) is 0 Å². The molecule has 21 heavy (non-hydrogen) atoms. The molecule has 0 unspecified atom stereocenters. The number of hydrogen-bond acceptors (Lipinski definition) is 4. The summed E-state index contributed by atoms with van der Waals surface area (Å²) in [5.74, 6) is 0.556. The van der Waals surface area contributed by atoms with Crippen LogP contribution in [0.1, 0.15) is 27.7 Å². The number of hydrogen-bond donors (Lipinski definition) is 1. The molecule has 0 bridgehead atoms. The van der Waals surface area contributed by atoms with E-state index in [9.17, 15) is 9.59 Å². The summed E-state index contributed by atoms with van der Waals surface area (Å²) in [6.45, 7) is 1.20. The van der Waals surface area contributed by atoms with Crippen LogP contribution in [0.3, 0.4) is 0 Å². The van der Waals surface area contributed by atoms with Gasteiger partial charge in [-0.3, -0.25) is 9.59 Å². The average Bonchev–Trinajstić information content (AvgIpc) is 3.05. The minimum Gasteiger partial charge on any atom is -0.385 e. The zero-order valence-corrected chi connectivity index (χ0v) is 12.7. The predicted octanol–water partition coefficient (Wildman–Crippen LogP) is 1.41. The molecular weight excluding hydrogens is 288 g/mol. The van der Waals surface area contributed by atoms with E-state index in [1.807, 2.05) is 24.3 Å². The number of nitrogens with zero attached hydrogens (tertiary/aromatic N) is 1. The van der Waals surface area contributed by atoms with Crippen molar-refractivity contribution in [2.45, 2.75) is 17.8 Å². The fourth-order valence-corrected chi connectivity index (χ4v) is 4.25. The number of thioether (sulfide) groups is 1. The molecule has 1 fully saturated rings. The molecule has 1 saturated heterocycles. The molecule has 0 aliphatic carbocycles. The Morgan fingerprint density at radius 3 is 3.10 bits per heavy atom. The lowest BCUT2D eigenvalue weighted by molar-refractivity contribution is -0.124. The summed E-state index contributed by atoms with van der Waals surface area (Å²) < 4.78 is 4.96. The fraction of sp³-hybridized carbons (Fsp3) is 0.467. The average molecular weight is 306 g/mol. The number of carbonyl (C=O) groups excluding carboxylic acids is 2. The van der Waals surface area contributed by atoms with E-state index in [2.05, 4.69) is 5.32 Å². The van der Waals surface area contributed by atoms with Gasteiger partial charge in [0.1, 0.15) is 11.4 Å². The highest BCUT2D eigenvalue weighted by molar-refractivity contribution is 7.99. The Morgan fingerprint density at radius 2 is 2.29 bits per heavy atom. The second kappa shape index (κ2) is 6.07. The normalized spacial score (nSPS) is 23.1. The van der Waals surface area contributed by atoms with E-state index in [0.29, 0.717) is 18.9 Å². The first-order chi connectivity index (χ1) is 10.2. The van der Waals surface area contributed by atoms with Crippen molar-refractivity contribution >= 4 is 23.6 Å². The Balaban J connectivity index is 1.68. The largest absolute Gasteiger partial charge is 0.385 e. The number of methoxy groups -OCH3 is 1. The molecule has 1 aromatic carbocycles. The summed E-state index contributed by atoms with van der Waals surface area (Å²) >= 11 is 1.66. The van der Waals surface area contributed by atoms with Crippen molar-refractivity contribution < 1.29 is 14.3 Å². The van der Waals surface area contributed by atoms with Crippen LogP contribution in [-0.4, -0.2) is 48.8 Å². The van der Waals surface area contributed by atoms with Gasteiger partial charge in [-0.1, -0.05) is 18.2 Å². The van der Waals surface area contributed by atoms with Gasteiger partial charge >= 0.3 is 0 Å². The summed E-state index contributed by atoms with van der Waals surface area (Å²) in [7, 11) is 1.64. The van der Waals surface area contributed by atoms with Gasteiger partial charge in [0.05, 0.1) is 0 Å². The third-order valence-corrected chi connectivity index (χ3v) is 5.12. The summed E-state index contributed by atoms with van der Waals surface area (Å²) in [6, 6.07) is 7.24. The highest BCUT2D eigenvalue weighted by Gasteiger charge is 2.48. The number of carbonyl (C=O) groups is 2. The molecule has 0 radical (unpaired) electrons. The van der Waals surface area contributed by atoms with E-state index in [1.165, 1.54) is 0 Å². The van der Waals surface area contributed by atoms with Crippen LogP contribution in [0.25, 0.3) is 0 Å². The number of nitrogens with one attached hydrogen (secondary N) is 1. The van der Waals surface area contributed by atoms with Gasteiger partial charge in [0.2, 0.25) is 5.91 Å². The maximum atomic E-state index is 12.5. The molecule has 2 atom stereocenters. The number of rotatable bonds is 5. The Morgan fingerprint density at radius 1 is 1.48 bits per heavy atom. The van der Waals surface area contributed by atoms with E-state index in [-0.39, 0.29) is 23.2 Å². The molecule has 1 N–H and O–H groups in total. The quantitative estimate of drug-likeness (QED) is 0.836. The Kier molecular flexibility index (Phi) is 4.17. The lowest BCUT2D eigenvalue weighted by atomic mass is 10.1. The summed E-state index contributed by atoms with van der Waals surface area (Å²) in [5, 5.41) is 2.88. The van der Waals surface area contributed by atoms with Crippen LogP contribution < -0.4 is 5.32 Å². The molecule has 2 amide bonds. The van der Waals surface area contributed by atoms with E-state index in [4.69, 9.17) is 4.74 Å². The lowest BCUT2D eigenvalue weighted by Crippen LogP contribution is -2.46. The standard InChI is InChI=1S/C15H18N2O3S/c1-20-8-4-7-16-13(18)12-9-21-15-11-6-3-2-5-10(11)14(19)17(12)15/h2-3,5-6,12,15H,4,7-9H2,1H3,(H,16,18)/t12-,15-/m1/s1. The number of benzene rings is 1. The lowest BCUT2D eigenvalue weighted by Gasteiger charge is -2.22. The third-order valence-electron chi connectivity index (χ3n) is 3.82. The molecular formula is C15H18N2O3S. The van der Waals surface area contributed by atoms with Crippen molar-refractivity contribution in [1.29, 1.82) is 0 Å². The smallest absolute Gasteiger partial charge is 0.256 e. The topological polar surface area (TPSA) is 58.6 Å². The molecule has 5 nitrogen and oxygen atoms in total. The maximum Gasteiger partial charge on any atom is 0.256 e. The van der Waals surface area contributed by atoms with Crippen LogP contribution in [0.2, 0.25) is 0 Å². The zero-order chi connectivity index (χ0) is 14.8. The van der Waals surface area contributed by atoms with E-state index in [1.54, 1.807) is 23.8 Å². The van der Waals surface area contributed by atoms with Crippen molar-refractivity contribution in [1.82, 2.24) is 10.2 Å². The first-order valence-corrected chi connectivity index (χ1v) is 8.08. The molecule has 2 aliphatic rings. The maximum absolute atomic E-state index is 12.5. The minimum atomic E-state index is -0.373. The van der Waals surface area contributed by atoms with Gasteiger partial charge in [-0.05, 0) is 18.1 Å². The van der Waals surface area contributed by atoms with Crippen molar-refractivity contribution in [2.75, 3.05) is 26.0 Å². The molecule has 0 saturated carbocycles. The number of amides is 2. The summed E-state index contributed by atoms with van der Waals surface area (Å²) in [4.78, 5) is 26.5. The van der Waals surface area contributed by atoms with E-state index in [0.717, 1.165) is 17.5 Å². The fourth-order valence-electron chi connectivity index (χ4n) is 2.79. The second-order valence-corrected chi connectivity index (χ2v) is 6.25. The third kappa shape index (κ3) is 2.53. The van der Waals surface area contributed by atoms with Gasteiger partial charge in [-0.25, -0.2) is 0 Å². The molecule has 2 aliphatic heterocycles. The van der Waals surface area contributed by atoms with Crippen LogP contribution in [0.15, 0.2) is 24.3 Å². The first-order valence-electron chi connectivity index (χ1n) is 7.04. The molecule has 0 spiro atoms. The van der Waals surface area contributed by atoms with Gasteiger partial charge in [0, 0.05) is 31.6 Å². The van der Waals surface area contributed by atoms with Crippen molar-refractivity contribution in [3.05, 3.63) is 35.4 Å². The molecule has 0 aromatic heterocycles. The van der Waals surface area contributed by atoms with Crippen molar-refractivity contribution in [3.63, 3.8) is 0 Å². The Labute approximate surface area is 128 Å². The zero-order valence-electron chi connectivity index (χ0n) is 11.9. The van der Waals surface area contributed by atoms with Crippen LogP contribution in [0.5, 0.6) is 0 Å². The summed E-state index contributed by atoms with van der Waals surface area (Å²) in [5.41, 5.74) is 1.76. The van der Waals surface area contributed by atoms with E-state index >= 15 is 0 Å². The molecule has 6 heteroatoms. The van der Waals surface area contributed by atoms with Gasteiger partial charge in [-0.2, -0.15) is 0 Å². The van der Waals surface area contributed by atoms with Crippen molar-refractivity contribution in [2.24, 2.45) is 0 Å². The number of ether oxygens (including phenoxy) is 1. The monoisotopic (exact) mass is 306 g/mol.